The van der Waals surface area contributed by atoms with Crippen molar-refractivity contribution in [2.45, 2.75) is 38.1 Å². The maximum absolute atomic E-state index is 11.2. The molecule has 4 atom stereocenters. The van der Waals surface area contributed by atoms with Crippen molar-refractivity contribution in [1.29, 1.82) is 0 Å². The molecule has 4 unspecified atom stereocenters. The van der Waals surface area contributed by atoms with Gasteiger partial charge in [-0.25, -0.2) is 0 Å². The molecule has 0 aromatic rings. The second-order valence-corrected chi connectivity index (χ2v) is 5.92. The van der Waals surface area contributed by atoms with Crippen LogP contribution in [0.1, 0.15) is 26.2 Å². The van der Waals surface area contributed by atoms with Crippen LogP contribution in [0.15, 0.2) is 0 Å². The molecule has 14 heavy (non-hydrogen) atoms. The maximum Gasteiger partial charge on any atom is 0.332 e. The SMILES string of the molecule is CC1CCCC1C(C(N)O)P(=O)(O)O. The molecule has 0 saturated heterocycles. The molecule has 1 aliphatic carbocycles. The van der Waals surface area contributed by atoms with Gasteiger partial charge in [0.25, 0.3) is 0 Å². The summed E-state index contributed by atoms with van der Waals surface area (Å²) in [6, 6.07) is 0. The standard InChI is InChI=1S/C8H18NO4P/c1-5-3-2-4-6(5)7(8(9)10)14(11,12)13/h5-8,10H,2-4,9H2,1H3,(H2,11,12,13). The minimum absolute atomic E-state index is 0.157. The molecular weight excluding hydrogens is 205 g/mol. The highest BCUT2D eigenvalue weighted by atomic mass is 31.2. The summed E-state index contributed by atoms with van der Waals surface area (Å²) in [6.07, 6.45) is 1.22. The van der Waals surface area contributed by atoms with Crippen molar-refractivity contribution in [3.05, 3.63) is 0 Å². The summed E-state index contributed by atoms with van der Waals surface area (Å²) in [5.74, 6) is 0.0710. The van der Waals surface area contributed by atoms with E-state index < -0.39 is 19.5 Å². The van der Waals surface area contributed by atoms with Crippen molar-refractivity contribution >= 4 is 7.60 Å². The van der Waals surface area contributed by atoms with E-state index in [4.69, 9.17) is 15.5 Å². The summed E-state index contributed by atoms with van der Waals surface area (Å²) in [6.45, 7) is 1.95. The normalized spacial score (nSPS) is 32.9. The highest BCUT2D eigenvalue weighted by Crippen LogP contribution is 2.51. The second kappa shape index (κ2) is 4.29. The lowest BCUT2D eigenvalue weighted by atomic mass is 9.93. The number of rotatable bonds is 3. The van der Waals surface area contributed by atoms with Crippen molar-refractivity contribution < 1.29 is 19.5 Å². The van der Waals surface area contributed by atoms with Crippen LogP contribution in [-0.4, -0.2) is 26.8 Å². The molecule has 84 valence electrons. The summed E-state index contributed by atoms with van der Waals surface area (Å²) < 4.78 is 11.2. The van der Waals surface area contributed by atoms with E-state index in [1.807, 2.05) is 6.92 Å². The predicted octanol–water partition coefficient (Wildman–Crippen LogP) is 0.246. The van der Waals surface area contributed by atoms with Gasteiger partial charge in [-0.05, 0) is 18.3 Å². The van der Waals surface area contributed by atoms with Crippen LogP contribution in [0.25, 0.3) is 0 Å². The van der Waals surface area contributed by atoms with Gasteiger partial charge in [0.15, 0.2) is 0 Å². The molecule has 0 radical (unpaired) electrons. The summed E-state index contributed by atoms with van der Waals surface area (Å²) in [5, 5.41) is 9.21. The Hall–Kier alpha value is 0.0700. The van der Waals surface area contributed by atoms with Gasteiger partial charge in [-0.2, -0.15) is 0 Å². The molecule has 0 amide bonds. The smallest absolute Gasteiger partial charge is 0.332 e. The summed E-state index contributed by atoms with van der Waals surface area (Å²) in [5.41, 5.74) is 4.13. The Kier molecular flexibility index (Phi) is 3.72. The number of aliphatic hydroxyl groups excluding tert-OH is 1. The van der Waals surface area contributed by atoms with Crippen molar-refractivity contribution in [3.8, 4) is 0 Å². The quantitative estimate of drug-likeness (QED) is 0.405. The molecule has 0 heterocycles. The second-order valence-electron chi connectivity index (χ2n) is 4.14. The molecule has 5 nitrogen and oxygen atoms in total. The van der Waals surface area contributed by atoms with Crippen molar-refractivity contribution in [1.82, 2.24) is 0 Å². The Labute approximate surface area is 83.5 Å². The van der Waals surface area contributed by atoms with Crippen LogP contribution in [0.3, 0.4) is 0 Å². The topological polar surface area (TPSA) is 104 Å². The van der Waals surface area contributed by atoms with Crippen LogP contribution in [0.4, 0.5) is 0 Å². The monoisotopic (exact) mass is 223 g/mol. The largest absolute Gasteiger partial charge is 0.378 e. The molecule has 0 aliphatic heterocycles. The zero-order valence-corrected chi connectivity index (χ0v) is 9.10. The van der Waals surface area contributed by atoms with E-state index in [2.05, 4.69) is 0 Å². The fourth-order valence-electron chi connectivity index (χ4n) is 2.38. The first-order valence-electron chi connectivity index (χ1n) is 4.83. The highest BCUT2D eigenvalue weighted by Gasteiger charge is 2.44. The zero-order valence-electron chi connectivity index (χ0n) is 8.21. The van der Waals surface area contributed by atoms with E-state index in [0.717, 1.165) is 19.3 Å². The van der Waals surface area contributed by atoms with Crippen LogP contribution < -0.4 is 5.73 Å². The van der Waals surface area contributed by atoms with E-state index in [-0.39, 0.29) is 11.8 Å². The van der Waals surface area contributed by atoms with Crippen LogP contribution in [0, 0.1) is 11.8 Å². The number of hydrogen-bond acceptors (Lipinski definition) is 3. The molecule has 1 fully saturated rings. The average Bonchev–Trinajstić information content (AvgIpc) is 2.32. The molecule has 0 spiro atoms. The molecule has 0 bridgehead atoms. The first kappa shape index (κ1) is 12.1. The van der Waals surface area contributed by atoms with E-state index >= 15 is 0 Å². The third-order valence-electron chi connectivity index (χ3n) is 3.10. The van der Waals surface area contributed by atoms with Gasteiger partial charge in [-0.3, -0.25) is 4.57 Å². The van der Waals surface area contributed by atoms with E-state index in [0.29, 0.717) is 0 Å². The highest BCUT2D eigenvalue weighted by molar-refractivity contribution is 7.52. The third-order valence-corrected chi connectivity index (χ3v) is 4.57. The van der Waals surface area contributed by atoms with E-state index in [1.54, 1.807) is 0 Å². The molecule has 1 rings (SSSR count). The first-order valence-corrected chi connectivity index (χ1v) is 6.51. The van der Waals surface area contributed by atoms with Crippen LogP contribution in [0.2, 0.25) is 0 Å². The molecular formula is C8H18NO4P. The number of nitrogens with two attached hydrogens (primary N) is 1. The third kappa shape index (κ3) is 2.55. The van der Waals surface area contributed by atoms with E-state index in [1.165, 1.54) is 0 Å². The molecule has 1 aliphatic rings. The van der Waals surface area contributed by atoms with Crippen LogP contribution in [-0.2, 0) is 4.57 Å². The average molecular weight is 223 g/mol. The summed E-state index contributed by atoms with van der Waals surface area (Å²) in [7, 11) is -4.29. The first-order chi connectivity index (χ1) is 6.34. The lowest BCUT2D eigenvalue weighted by Gasteiger charge is -2.29. The molecule has 0 aromatic carbocycles. The van der Waals surface area contributed by atoms with Gasteiger partial charge in [-0.1, -0.05) is 19.8 Å². The van der Waals surface area contributed by atoms with E-state index in [9.17, 15) is 9.67 Å². The van der Waals surface area contributed by atoms with Gasteiger partial charge in [-0.15, -0.1) is 0 Å². The molecule has 5 N–H and O–H groups in total. The minimum Gasteiger partial charge on any atom is -0.378 e. The van der Waals surface area contributed by atoms with Crippen molar-refractivity contribution in [2.24, 2.45) is 17.6 Å². The Morgan fingerprint density at radius 1 is 1.43 bits per heavy atom. The van der Waals surface area contributed by atoms with Gasteiger partial charge in [0, 0.05) is 0 Å². The van der Waals surface area contributed by atoms with Crippen LogP contribution in [0.5, 0.6) is 0 Å². The van der Waals surface area contributed by atoms with Gasteiger partial charge in [0.2, 0.25) is 0 Å². The van der Waals surface area contributed by atoms with Gasteiger partial charge in [0.1, 0.15) is 11.9 Å². The Bertz CT molecular complexity index is 239. The Balaban J connectivity index is 2.83. The van der Waals surface area contributed by atoms with Crippen molar-refractivity contribution in [3.63, 3.8) is 0 Å². The Morgan fingerprint density at radius 2 is 2.00 bits per heavy atom. The van der Waals surface area contributed by atoms with Gasteiger partial charge < -0.3 is 20.6 Å². The molecule has 0 aromatic heterocycles. The van der Waals surface area contributed by atoms with Crippen molar-refractivity contribution in [2.75, 3.05) is 0 Å². The minimum atomic E-state index is -4.29. The number of aliphatic hydroxyl groups is 1. The molecule has 6 heteroatoms. The summed E-state index contributed by atoms with van der Waals surface area (Å²) >= 11 is 0. The van der Waals surface area contributed by atoms with Gasteiger partial charge >= 0.3 is 7.60 Å². The lowest BCUT2D eigenvalue weighted by Crippen LogP contribution is -2.40. The van der Waals surface area contributed by atoms with Crippen LogP contribution >= 0.6 is 7.60 Å². The zero-order chi connectivity index (χ0) is 10.9. The lowest BCUT2D eigenvalue weighted by molar-refractivity contribution is 0.129. The molecule has 1 saturated carbocycles. The fourth-order valence-corrected chi connectivity index (χ4v) is 3.72. The Morgan fingerprint density at radius 3 is 2.29 bits per heavy atom. The fraction of sp³-hybridized carbons (Fsp3) is 1.00. The maximum atomic E-state index is 11.2. The summed E-state index contributed by atoms with van der Waals surface area (Å²) in [4.78, 5) is 18.2. The number of hydrogen-bond donors (Lipinski definition) is 4. The predicted molar refractivity (Wildman–Crippen MR) is 52.5 cm³/mol. The van der Waals surface area contributed by atoms with Gasteiger partial charge in [0.05, 0.1) is 0 Å².